The fraction of sp³-hybridized carbons (Fsp3) is 0. The lowest BCUT2D eigenvalue weighted by Crippen LogP contribution is -2.21. The zero-order chi connectivity index (χ0) is 17.4. The van der Waals surface area contributed by atoms with E-state index in [0.29, 0.717) is 17.2 Å². The van der Waals surface area contributed by atoms with Gasteiger partial charge in [-0.15, -0.1) is 0 Å². The molecule has 0 saturated heterocycles. The average Bonchev–Trinajstić information content (AvgIpc) is 3.08. The van der Waals surface area contributed by atoms with Crippen molar-refractivity contribution in [2.24, 2.45) is 0 Å². The Balaban J connectivity index is 1.67. The molecule has 0 unspecified atom stereocenters. The highest BCUT2D eigenvalue weighted by Crippen LogP contribution is 2.24. The first-order valence-electron chi connectivity index (χ1n) is 7.46. The van der Waals surface area contributed by atoms with Crippen LogP contribution >= 0.6 is 15.9 Å². The molecule has 0 radical (unpaired) electrons. The molecule has 1 aliphatic carbocycles. The maximum Gasteiger partial charge on any atom is 0.227 e. The lowest BCUT2D eigenvalue weighted by molar-refractivity contribution is 0.0980. The Bertz CT molecular complexity index is 1010. The number of pyridine rings is 1. The van der Waals surface area contributed by atoms with Crippen LogP contribution in [0.3, 0.4) is 0 Å². The summed E-state index contributed by atoms with van der Waals surface area (Å²) < 4.78 is 0.925. The van der Waals surface area contributed by atoms with Crippen molar-refractivity contribution >= 4 is 33.2 Å². The predicted molar refractivity (Wildman–Crippen MR) is 96.3 cm³/mol. The molecule has 3 aromatic rings. The summed E-state index contributed by atoms with van der Waals surface area (Å²) in [5.41, 5.74) is 1.78. The van der Waals surface area contributed by atoms with Crippen molar-refractivity contribution < 1.29 is 9.59 Å². The number of aromatic amines is 1. The lowest BCUT2D eigenvalue weighted by Gasteiger charge is -2.13. The Kier molecular flexibility index (Phi) is 3.77. The number of hydrogen-bond acceptors (Lipinski definition) is 5. The minimum Gasteiger partial charge on any atom is -0.352 e. The van der Waals surface area contributed by atoms with E-state index in [1.54, 1.807) is 18.3 Å². The predicted octanol–water partition coefficient (Wildman–Crippen LogP) is 3.61. The van der Waals surface area contributed by atoms with Crippen LogP contribution in [0.5, 0.6) is 0 Å². The third-order valence-electron chi connectivity index (χ3n) is 3.72. The van der Waals surface area contributed by atoms with Crippen LogP contribution in [-0.2, 0) is 0 Å². The van der Waals surface area contributed by atoms with Gasteiger partial charge in [0.25, 0.3) is 0 Å². The quantitative estimate of drug-likeness (QED) is 0.708. The molecule has 0 fully saturated rings. The molecule has 2 N–H and O–H groups in total. The molecule has 0 bridgehead atoms. The first-order valence-corrected chi connectivity index (χ1v) is 8.26. The second kappa shape index (κ2) is 6.10. The van der Waals surface area contributed by atoms with Gasteiger partial charge in [-0.05, 0) is 36.4 Å². The number of aromatic nitrogens is 3. The number of ketones is 2. The zero-order valence-electron chi connectivity index (χ0n) is 12.8. The van der Waals surface area contributed by atoms with Gasteiger partial charge >= 0.3 is 0 Å². The van der Waals surface area contributed by atoms with Crippen molar-refractivity contribution in [1.29, 1.82) is 0 Å². The normalized spacial score (nSPS) is 13.4. The Morgan fingerprint density at radius 3 is 2.56 bits per heavy atom. The van der Waals surface area contributed by atoms with Gasteiger partial charge in [-0.3, -0.25) is 14.6 Å². The summed E-state index contributed by atoms with van der Waals surface area (Å²) in [6.45, 7) is 0. The SMILES string of the molecule is O=C1C=C(Nc2ccc(Br)cc2)C(=O)c2[nH]c(-c3ccccn3)nc21. The van der Waals surface area contributed by atoms with E-state index in [-0.39, 0.29) is 28.7 Å². The minimum atomic E-state index is -0.326. The summed E-state index contributed by atoms with van der Waals surface area (Å²) in [7, 11) is 0. The van der Waals surface area contributed by atoms with Crippen LogP contribution in [0.15, 0.2) is 64.9 Å². The summed E-state index contributed by atoms with van der Waals surface area (Å²) in [6, 6.07) is 12.7. The molecular weight excluding hydrogens is 384 g/mol. The van der Waals surface area contributed by atoms with Crippen LogP contribution in [0, 0.1) is 0 Å². The molecule has 1 aliphatic rings. The monoisotopic (exact) mass is 394 g/mol. The number of imidazole rings is 1. The number of fused-ring (bicyclic) bond motifs is 1. The molecule has 25 heavy (non-hydrogen) atoms. The van der Waals surface area contributed by atoms with E-state index in [4.69, 9.17) is 0 Å². The first kappa shape index (κ1) is 15.5. The van der Waals surface area contributed by atoms with Crippen LogP contribution in [0.2, 0.25) is 0 Å². The van der Waals surface area contributed by atoms with E-state index in [1.807, 2.05) is 30.3 Å². The number of nitrogens with zero attached hydrogens (tertiary/aromatic N) is 2. The van der Waals surface area contributed by atoms with Crippen LogP contribution in [0.25, 0.3) is 11.5 Å². The summed E-state index contributed by atoms with van der Waals surface area (Å²) in [5, 5.41) is 2.98. The Morgan fingerprint density at radius 1 is 1.04 bits per heavy atom. The van der Waals surface area contributed by atoms with E-state index in [0.717, 1.165) is 4.47 Å². The smallest absolute Gasteiger partial charge is 0.227 e. The van der Waals surface area contributed by atoms with Gasteiger partial charge in [0.1, 0.15) is 17.1 Å². The van der Waals surface area contributed by atoms with Gasteiger partial charge in [-0.2, -0.15) is 0 Å². The van der Waals surface area contributed by atoms with Crippen molar-refractivity contribution in [3.8, 4) is 11.5 Å². The van der Waals surface area contributed by atoms with E-state index >= 15 is 0 Å². The number of carbonyl (C=O) groups is 2. The highest BCUT2D eigenvalue weighted by Gasteiger charge is 2.30. The molecule has 6 nitrogen and oxygen atoms in total. The molecule has 122 valence electrons. The van der Waals surface area contributed by atoms with Crippen molar-refractivity contribution in [2.45, 2.75) is 0 Å². The first-order chi connectivity index (χ1) is 12.1. The Labute approximate surface area is 151 Å². The number of rotatable bonds is 3. The molecule has 1 aromatic carbocycles. The van der Waals surface area contributed by atoms with Crippen molar-refractivity contribution in [2.75, 3.05) is 5.32 Å². The Hall–Kier alpha value is -3.06. The summed E-state index contributed by atoms with van der Waals surface area (Å²) in [5.74, 6) is -0.245. The average molecular weight is 395 g/mol. The van der Waals surface area contributed by atoms with Gasteiger partial charge in [-0.1, -0.05) is 22.0 Å². The van der Waals surface area contributed by atoms with Gasteiger partial charge < -0.3 is 10.3 Å². The van der Waals surface area contributed by atoms with E-state index in [2.05, 4.69) is 36.2 Å². The molecule has 4 rings (SSSR count). The summed E-state index contributed by atoms with van der Waals surface area (Å²) in [6.07, 6.45) is 2.90. The molecular formula is C18H11BrN4O2. The highest BCUT2D eigenvalue weighted by atomic mass is 79.9. The molecule has 7 heteroatoms. The molecule has 2 heterocycles. The number of H-pyrrole nitrogens is 1. The van der Waals surface area contributed by atoms with E-state index in [9.17, 15) is 9.59 Å². The molecule has 0 saturated carbocycles. The van der Waals surface area contributed by atoms with E-state index in [1.165, 1.54) is 6.08 Å². The van der Waals surface area contributed by atoms with Crippen molar-refractivity contribution in [3.05, 3.63) is 76.3 Å². The number of allylic oxidation sites excluding steroid dienone is 2. The molecule has 0 atom stereocenters. The van der Waals surface area contributed by atoms with Crippen LogP contribution in [0.1, 0.15) is 21.0 Å². The second-order valence-corrected chi connectivity index (χ2v) is 6.32. The standard InChI is InChI=1S/C18H11BrN4O2/c19-10-4-6-11(7-5-10)21-13-9-14(24)15-16(17(13)25)23-18(22-15)12-3-1-2-8-20-12/h1-9,21H,(H,22,23). The van der Waals surface area contributed by atoms with Crippen molar-refractivity contribution in [3.63, 3.8) is 0 Å². The molecule has 0 spiro atoms. The maximum atomic E-state index is 12.7. The largest absolute Gasteiger partial charge is 0.352 e. The topological polar surface area (TPSA) is 87.7 Å². The van der Waals surface area contributed by atoms with Crippen LogP contribution < -0.4 is 5.32 Å². The van der Waals surface area contributed by atoms with Gasteiger partial charge in [0.05, 0.1) is 5.70 Å². The third-order valence-corrected chi connectivity index (χ3v) is 4.24. The highest BCUT2D eigenvalue weighted by molar-refractivity contribution is 9.10. The second-order valence-electron chi connectivity index (χ2n) is 5.41. The van der Waals surface area contributed by atoms with Crippen LogP contribution in [0.4, 0.5) is 5.69 Å². The lowest BCUT2D eigenvalue weighted by atomic mass is 10.0. The van der Waals surface area contributed by atoms with Crippen LogP contribution in [-0.4, -0.2) is 26.5 Å². The van der Waals surface area contributed by atoms with Gasteiger partial charge in [0.2, 0.25) is 11.6 Å². The minimum absolute atomic E-state index is 0.118. The number of benzene rings is 1. The third kappa shape index (κ3) is 2.89. The molecule has 0 amide bonds. The maximum absolute atomic E-state index is 12.7. The van der Waals surface area contributed by atoms with Gasteiger partial charge in [0.15, 0.2) is 5.82 Å². The number of nitrogens with one attached hydrogen (secondary N) is 2. The Morgan fingerprint density at radius 2 is 1.84 bits per heavy atom. The summed E-state index contributed by atoms with van der Waals surface area (Å²) >= 11 is 3.36. The fourth-order valence-electron chi connectivity index (χ4n) is 2.52. The zero-order valence-corrected chi connectivity index (χ0v) is 14.4. The summed E-state index contributed by atoms with van der Waals surface area (Å²) in [4.78, 5) is 36.4. The number of hydrogen-bond donors (Lipinski definition) is 2. The molecule has 2 aromatic heterocycles. The fourth-order valence-corrected chi connectivity index (χ4v) is 2.79. The van der Waals surface area contributed by atoms with Crippen molar-refractivity contribution in [1.82, 2.24) is 15.0 Å². The number of halogens is 1. The number of carbonyl (C=O) groups excluding carboxylic acids is 2. The number of anilines is 1. The number of Topliss-reactive ketones (excluding diaryl/α,β-unsaturated/α-hetero) is 1. The van der Waals surface area contributed by atoms with Gasteiger partial charge in [-0.25, -0.2) is 4.98 Å². The van der Waals surface area contributed by atoms with E-state index < -0.39 is 0 Å². The van der Waals surface area contributed by atoms with Gasteiger partial charge in [0, 0.05) is 22.4 Å². The molecule has 0 aliphatic heterocycles.